The van der Waals surface area contributed by atoms with E-state index >= 15 is 0 Å². The van der Waals surface area contributed by atoms with Gasteiger partial charge in [0.25, 0.3) is 5.95 Å². The van der Waals surface area contributed by atoms with E-state index in [-0.39, 0.29) is 6.01 Å². The highest BCUT2D eigenvalue weighted by molar-refractivity contribution is 5.75. The number of aromatic nitrogens is 6. The lowest BCUT2D eigenvalue weighted by molar-refractivity contribution is 0.377. The standard InChI is InChI=1S/C13H15N7O/c1-3-8-14-11-15-12(17-13(16-11)21-2)20-10-7-5-4-6-9(10)18-19-20/h4-7H,3,8H2,1-2H3,(H,14,15,16,17). The van der Waals surface area contributed by atoms with E-state index in [4.69, 9.17) is 4.74 Å². The summed E-state index contributed by atoms with van der Waals surface area (Å²) >= 11 is 0. The predicted molar refractivity (Wildman–Crippen MR) is 77.6 cm³/mol. The number of para-hydroxylation sites is 1. The van der Waals surface area contributed by atoms with E-state index < -0.39 is 0 Å². The highest BCUT2D eigenvalue weighted by Crippen LogP contribution is 2.16. The molecule has 8 nitrogen and oxygen atoms in total. The minimum atomic E-state index is 0.234. The molecule has 3 rings (SSSR count). The first-order valence-electron chi connectivity index (χ1n) is 6.66. The van der Waals surface area contributed by atoms with Crippen LogP contribution in [0, 0.1) is 0 Å². The quantitative estimate of drug-likeness (QED) is 0.758. The van der Waals surface area contributed by atoms with Gasteiger partial charge in [-0.1, -0.05) is 24.3 Å². The minimum Gasteiger partial charge on any atom is -0.467 e. The second kappa shape index (κ2) is 5.70. The topological polar surface area (TPSA) is 90.6 Å². The van der Waals surface area contributed by atoms with Crippen molar-refractivity contribution in [3.8, 4) is 12.0 Å². The summed E-state index contributed by atoms with van der Waals surface area (Å²) in [6.45, 7) is 2.84. The molecule has 1 N–H and O–H groups in total. The van der Waals surface area contributed by atoms with E-state index in [1.807, 2.05) is 24.3 Å². The van der Waals surface area contributed by atoms with Gasteiger partial charge in [-0.25, -0.2) is 0 Å². The first kappa shape index (κ1) is 13.2. The molecule has 0 unspecified atom stereocenters. The summed E-state index contributed by atoms with van der Waals surface area (Å²) in [7, 11) is 1.52. The van der Waals surface area contributed by atoms with Crippen molar-refractivity contribution in [1.82, 2.24) is 29.9 Å². The van der Waals surface area contributed by atoms with Crippen LogP contribution in [0.2, 0.25) is 0 Å². The first-order valence-corrected chi connectivity index (χ1v) is 6.66. The summed E-state index contributed by atoms with van der Waals surface area (Å²) in [5, 5.41) is 11.3. The first-order chi connectivity index (χ1) is 10.3. The lowest BCUT2D eigenvalue weighted by Gasteiger charge is -2.07. The Kier molecular flexibility index (Phi) is 3.59. The number of fused-ring (bicyclic) bond motifs is 1. The molecule has 2 heterocycles. The van der Waals surface area contributed by atoms with Crippen molar-refractivity contribution in [1.29, 1.82) is 0 Å². The number of benzene rings is 1. The van der Waals surface area contributed by atoms with Crippen molar-refractivity contribution >= 4 is 17.0 Å². The lowest BCUT2D eigenvalue weighted by Crippen LogP contribution is -2.11. The molecule has 3 aromatic rings. The van der Waals surface area contributed by atoms with Crippen molar-refractivity contribution in [2.24, 2.45) is 0 Å². The number of ether oxygens (including phenoxy) is 1. The van der Waals surface area contributed by atoms with Crippen LogP contribution >= 0.6 is 0 Å². The molecule has 0 saturated carbocycles. The van der Waals surface area contributed by atoms with E-state index in [1.165, 1.54) is 7.11 Å². The molecule has 0 radical (unpaired) electrons. The molecule has 0 aliphatic rings. The summed E-state index contributed by atoms with van der Waals surface area (Å²) in [5.41, 5.74) is 1.60. The Hall–Kier alpha value is -2.77. The third-order valence-electron chi connectivity index (χ3n) is 2.86. The Morgan fingerprint density at radius 3 is 2.86 bits per heavy atom. The smallest absolute Gasteiger partial charge is 0.322 e. The summed E-state index contributed by atoms with van der Waals surface area (Å²) in [5.74, 6) is 0.826. The third kappa shape index (κ3) is 2.60. The number of methoxy groups -OCH3 is 1. The average Bonchev–Trinajstić information content (AvgIpc) is 2.96. The van der Waals surface area contributed by atoms with E-state index in [9.17, 15) is 0 Å². The minimum absolute atomic E-state index is 0.234. The van der Waals surface area contributed by atoms with E-state index in [1.54, 1.807) is 4.68 Å². The van der Waals surface area contributed by atoms with Gasteiger partial charge in [-0.2, -0.15) is 19.6 Å². The zero-order chi connectivity index (χ0) is 14.7. The Bertz CT molecular complexity index is 755. The van der Waals surface area contributed by atoms with Crippen LogP contribution in [-0.2, 0) is 0 Å². The van der Waals surface area contributed by atoms with Crippen molar-refractivity contribution in [3.63, 3.8) is 0 Å². The van der Waals surface area contributed by atoms with Crippen molar-refractivity contribution < 1.29 is 4.74 Å². The van der Waals surface area contributed by atoms with Gasteiger partial charge in [0.15, 0.2) is 0 Å². The summed E-state index contributed by atoms with van der Waals surface area (Å²) in [6.07, 6.45) is 0.968. The monoisotopic (exact) mass is 285 g/mol. The maximum atomic E-state index is 5.12. The molecule has 0 fully saturated rings. The van der Waals surface area contributed by atoms with Gasteiger partial charge < -0.3 is 10.1 Å². The van der Waals surface area contributed by atoms with Crippen LogP contribution in [0.15, 0.2) is 24.3 Å². The molecular formula is C13H15N7O. The SMILES string of the molecule is CCCNc1nc(OC)nc(-n2nnc3ccccc32)n1. The van der Waals surface area contributed by atoms with Crippen LogP contribution in [0.25, 0.3) is 17.0 Å². The number of rotatable bonds is 5. The Balaban J connectivity index is 2.08. The number of anilines is 1. The molecule has 2 aromatic heterocycles. The molecule has 8 heteroatoms. The highest BCUT2D eigenvalue weighted by Gasteiger charge is 2.12. The molecular weight excluding hydrogens is 270 g/mol. The highest BCUT2D eigenvalue weighted by atomic mass is 16.5. The zero-order valence-electron chi connectivity index (χ0n) is 11.8. The molecule has 0 atom stereocenters. The van der Waals surface area contributed by atoms with Gasteiger partial charge in [-0.05, 0) is 18.6 Å². The fraction of sp³-hybridized carbons (Fsp3) is 0.308. The zero-order valence-corrected chi connectivity index (χ0v) is 11.8. The van der Waals surface area contributed by atoms with Gasteiger partial charge in [-0.3, -0.25) is 0 Å². The van der Waals surface area contributed by atoms with Crippen LogP contribution in [-0.4, -0.2) is 43.6 Å². The molecule has 108 valence electrons. The second-order valence-electron chi connectivity index (χ2n) is 4.36. The molecule has 21 heavy (non-hydrogen) atoms. The molecule has 0 spiro atoms. The van der Waals surface area contributed by atoms with Crippen molar-refractivity contribution in [2.45, 2.75) is 13.3 Å². The fourth-order valence-electron chi connectivity index (χ4n) is 1.86. The van der Waals surface area contributed by atoms with Gasteiger partial charge in [0, 0.05) is 6.54 Å². The van der Waals surface area contributed by atoms with Gasteiger partial charge in [0.2, 0.25) is 5.95 Å². The maximum absolute atomic E-state index is 5.12. The van der Waals surface area contributed by atoms with Gasteiger partial charge in [0.1, 0.15) is 5.52 Å². The molecule has 0 aliphatic heterocycles. The average molecular weight is 285 g/mol. The summed E-state index contributed by atoms with van der Waals surface area (Å²) in [6, 6.07) is 7.84. The van der Waals surface area contributed by atoms with Gasteiger partial charge in [-0.15, -0.1) is 5.10 Å². The Labute approximate surface area is 121 Å². The third-order valence-corrected chi connectivity index (χ3v) is 2.86. The van der Waals surface area contributed by atoms with Crippen LogP contribution in [0.4, 0.5) is 5.95 Å². The van der Waals surface area contributed by atoms with Crippen LogP contribution in [0.3, 0.4) is 0 Å². The molecule has 1 aromatic carbocycles. The summed E-state index contributed by atoms with van der Waals surface area (Å²) < 4.78 is 6.69. The molecule has 0 bridgehead atoms. The van der Waals surface area contributed by atoms with E-state index in [0.717, 1.165) is 24.0 Å². The maximum Gasteiger partial charge on any atom is 0.322 e. The number of nitrogens with one attached hydrogen (secondary N) is 1. The number of hydrogen-bond donors (Lipinski definition) is 1. The normalized spacial score (nSPS) is 10.8. The largest absolute Gasteiger partial charge is 0.467 e. The van der Waals surface area contributed by atoms with E-state index in [2.05, 4.69) is 37.5 Å². The number of nitrogens with zero attached hydrogens (tertiary/aromatic N) is 6. The fourth-order valence-corrected chi connectivity index (χ4v) is 1.86. The van der Waals surface area contributed by atoms with Crippen molar-refractivity contribution in [2.75, 3.05) is 19.0 Å². The lowest BCUT2D eigenvalue weighted by atomic mass is 10.3. The number of hydrogen-bond acceptors (Lipinski definition) is 7. The predicted octanol–water partition coefficient (Wildman–Crippen LogP) is 1.44. The molecule has 0 saturated heterocycles. The van der Waals surface area contributed by atoms with Crippen LogP contribution < -0.4 is 10.1 Å². The van der Waals surface area contributed by atoms with Crippen molar-refractivity contribution in [3.05, 3.63) is 24.3 Å². The Morgan fingerprint density at radius 1 is 1.19 bits per heavy atom. The molecule has 0 amide bonds. The second-order valence-corrected chi connectivity index (χ2v) is 4.36. The molecule has 0 aliphatic carbocycles. The van der Waals surface area contributed by atoms with Gasteiger partial charge >= 0.3 is 6.01 Å². The van der Waals surface area contributed by atoms with Crippen LogP contribution in [0.5, 0.6) is 6.01 Å². The summed E-state index contributed by atoms with van der Waals surface area (Å²) in [4.78, 5) is 12.7. The Morgan fingerprint density at radius 2 is 2.05 bits per heavy atom. The van der Waals surface area contributed by atoms with Crippen LogP contribution in [0.1, 0.15) is 13.3 Å². The van der Waals surface area contributed by atoms with E-state index in [0.29, 0.717) is 11.9 Å². The van der Waals surface area contributed by atoms with Gasteiger partial charge in [0.05, 0.1) is 12.6 Å².